The largest absolute Gasteiger partial charge is 0.481 e. The fourth-order valence-corrected chi connectivity index (χ4v) is 11.5. The molecule has 0 saturated carbocycles. The number of fused-ring (bicyclic) bond motifs is 2. The Morgan fingerprint density at radius 1 is 0.547 bits per heavy atom. The first-order valence-electron chi connectivity index (χ1n) is 28.1. The van der Waals surface area contributed by atoms with Crippen molar-refractivity contribution in [2.45, 2.75) is 117 Å². The van der Waals surface area contributed by atoms with Crippen LogP contribution in [0.15, 0.2) is 82.4 Å². The molecule has 6 N–H and O–H groups in total. The molecule has 2 aliphatic heterocycles. The fraction of sp³-hybridized carbons (Fsp3) is 0.448. The van der Waals surface area contributed by atoms with Crippen LogP contribution in [0, 0.1) is 0 Å². The number of benzene rings is 2. The predicted molar refractivity (Wildman–Crippen MR) is 322 cm³/mol. The van der Waals surface area contributed by atoms with Crippen molar-refractivity contribution >= 4 is 65.2 Å². The molecule has 8 aromatic rings. The van der Waals surface area contributed by atoms with Crippen LogP contribution < -0.4 is 18.9 Å². The van der Waals surface area contributed by atoms with Gasteiger partial charge in [-0.2, -0.15) is 10.2 Å². The van der Waals surface area contributed by atoms with Crippen LogP contribution in [0.2, 0.25) is 0 Å². The first-order chi connectivity index (χ1) is 41.0. The third-order valence-corrected chi connectivity index (χ3v) is 15.0. The van der Waals surface area contributed by atoms with Gasteiger partial charge in [-0.15, -0.1) is 0 Å². The van der Waals surface area contributed by atoms with Gasteiger partial charge in [0.05, 0.1) is 100 Å². The summed E-state index contributed by atoms with van der Waals surface area (Å²) in [6, 6.07) is 11.0. The second-order valence-corrected chi connectivity index (χ2v) is 25.1. The van der Waals surface area contributed by atoms with Crippen LogP contribution in [-0.4, -0.2) is 166 Å². The third kappa shape index (κ3) is 18.3. The lowest BCUT2D eigenvalue weighted by Gasteiger charge is -2.34. The molecule has 28 heteroatoms. The molecule has 10 rings (SSSR count). The average molecular weight is 1230 g/mol. The topological polar surface area (TPSA) is 346 Å². The highest BCUT2D eigenvalue weighted by Gasteiger charge is 2.26. The van der Waals surface area contributed by atoms with Crippen LogP contribution in [0.1, 0.15) is 90.6 Å². The quantitative estimate of drug-likeness (QED) is 0.0326. The van der Waals surface area contributed by atoms with E-state index in [4.69, 9.17) is 38.0 Å². The number of carboxylic acids is 2. The van der Waals surface area contributed by atoms with Gasteiger partial charge in [0.2, 0.25) is 43.6 Å². The van der Waals surface area contributed by atoms with E-state index in [-0.39, 0.29) is 60.4 Å². The van der Waals surface area contributed by atoms with E-state index < -0.39 is 32.0 Å². The molecule has 0 amide bonds. The number of nitrogens with zero attached hydrogens (tertiary/aromatic N) is 8. The second kappa shape index (κ2) is 28.9. The smallest absolute Gasteiger partial charge is 0.303 e. The Labute approximate surface area is 498 Å². The molecular formula is C58H74N12O14S2. The molecule has 0 unspecified atom stereocenters. The van der Waals surface area contributed by atoms with Crippen LogP contribution >= 0.6 is 0 Å². The molecule has 0 radical (unpaired) electrons. The van der Waals surface area contributed by atoms with Crippen molar-refractivity contribution in [3.05, 3.63) is 85.1 Å². The number of hydrogen-bond acceptors (Lipinski definition) is 20. The maximum atomic E-state index is 11.8. The molecule has 2 aromatic carbocycles. The summed E-state index contributed by atoms with van der Waals surface area (Å²) in [6.07, 6.45) is 18.8. The van der Waals surface area contributed by atoms with E-state index in [0.717, 1.165) is 133 Å². The summed E-state index contributed by atoms with van der Waals surface area (Å²) in [4.78, 5) is 42.6. The molecule has 6 aromatic heterocycles. The van der Waals surface area contributed by atoms with Crippen molar-refractivity contribution in [1.29, 1.82) is 0 Å². The van der Waals surface area contributed by atoms with Crippen LogP contribution in [0.25, 0.3) is 67.0 Å². The van der Waals surface area contributed by atoms with E-state index in [0.29, 0.717) is 36.0 Å². The van der Waals surface area contributed by atoms with Gasteiger partial charge in [-0.25, -0.2) is 36.8 Å². The van der Waals surface area contributed by atoms with E-state index in [1.165, 1.54) is 14.2 Å². The number of oxazole rings is 2. The Morgan fingerprint density at radius 3 is 1.27 bits per heavy atom. The van der Waals surface area contributed by atoms with Crippen LogP contribution in [0.5, 0.6) is 11.8 Å². The van der Waals surface area contributed by atoms with Crippen molar-refractivity contribution in [1.82, 2.24) is 50.1 Å². The molecule has 462 valence electrons. The minimum atomic E-state index is -3.53. The van der Waals surface area contributed by atoms with E-state index in [2.05, 4.69) is 87.3 Å². The van der Waals surface area contributed by atoms with Crippen molar-refractivity contribution in [2.24, 2.45) is 0 Å². The van der Waals surface area contributed by atoms with Crippen molar-refractivity contribution in [3.63, 3.8) is 0 Å². The van der Waals surface area contributed by atoms with Crippen LogP contribution in [0.4, 0.5) is 11.4 Å². The van der Waals surface area contributed by atoms with Gasteiger partial charge in [0, 0.05) is 84.4 Å². The predicted octanol–water partition coefficient (Wildman–Crippen LogP) is 8.81. The Bertz CT molecular complexity index is 3560. The Kier molecular flexibility index (Phi) is 21.5. The number of nitrogens with one attached hydrogen (secondary N) is 4. The summed E-state index contributed by atoms with van der Waals surface area (Å²) < 4.78 is 86.7. The molecule has 4 atom stereocenters. The fourth-order valence-electron chi connectivity index (χ4n) is 10.4. The summed E-state index contributed by atoms with van der Waals surface area (Å²) in [5.41, 5.74) is 6.52. The van der Waals surface area contributed by atoms with Gasteiger partial charge < -0.3 is 38.0 Å². The molecule has 2 saturated heterocycles. The number of anilines is 2. The number of ether oxygens (including phenoxy) is 4. The van der Waals surface area contributed by atoms with Gasteiger partial charge in [-0.05, 0) is 88.1 Å². The molecule has 0 aliphatic carbocycles. The summed E-state index contributed by atoms with van der Waals surface area (Å²) >= 11 is 0. The number of aliphatic carboxylic acids is 2. The molecular weight excluding hydrogens is 1150 g/mol. The zero-order chi connectivity index (χ0) is 61.7. The maximum Gasteiger partial charge on any atom is 0.303 e. The Balaban J connectivity index is 0.000000184. The molecule has 2 fully saturated rings. The lowest BCUT2D eigenvalue weighted by molar-refractivity contribution is -0.138. The van der Waals surface area contributed by atoms with Crippen LogP contribution in [-0.2, 0) is 52.2 Å². The average Bonchev–Trinajstić information content (AvgIpc) is 2.47. The third-order valence-electron chi connectivity index (χ3n) is 13.8. The lowest BCUT2D eigenvalue weighted by Crippen LogP contribution is -2.44. The minimum Gasteiger partial charge on any atom is -0.481 e. The van der Waals surface area contributed by atoms with Crippen molar-refractivity contribution in [2.75, 3.05) is 62.4 Å². The first kappa shape index (κ1) is 64.0. The Morgan fingerprint density at radius 2 is 0.919 bits per heavy atom. The van der Waals surface area contributed by atoms with Gasteiger partial charge in [-0.3, -0.25) is 39.0 Å². The zero-order valence-corrected chi connectivity index (χ0v) is 51.0. The van der Waals surface area contributed by atoms with E-state index in [1.807, 2.05) is 24.3 Å². The molecule has 86 heavy (non-hydrogen) atoms. The normalized spacial score (nSPS) is 17.5. The number of carboxylic acid groups (broad SMARTS) is 2. The van der Waals surface area contributed by atoms with Gasteiger partial charge in [0.15, 0.2) is 0 Å². The highest BCUT2D eigenvalue weighted by atomic mass is 32.2. The van der Waals surface area contributed by atoms with Crippen molar-refractivity contribution < 1.29 is 64.4 Å². The van der Waals surface area contributed by atoms with E-state index in [9.17, 15) is 26.4 Å². The number of methoxy groups -OCH3 is 2. The molecule has 26 nitrogen and oxygen atoms in total. The molecule has 0 bridgehead atoms. The number of rotatable bonds is 23. The molecule has 8 heterocycles. The minimum absolute atomic E-state index is 0.165. The number of pyridine rings is 2. The summed E-state index contributed by atoms with van der Waals surface area (Å²) in [5, 5.41) is 32.8. The number of sulfonamides is 2. The van der Waals surface area contributed by atoms with Crippen molar-refractivity contribution in [3.8, 4) is 56.9 Å². The molecule has 0 spiro atoms. The van der Waals surface area contributed by atoms with Gasteiger partial charge in [0.1, 0.15) is 22.9 Å². The monoisotopic (exact) mass is 1230 g/mol. The van der Waals surface area contributed by atoms with Crippen LogP contribution in [0.3, 0.4) is 0 Å². The highest BCUT2D eigenvalue weighted by molar-refractivity contribution is 7.92. The number of hydrogen-bond donors (Lipinski definition) is 6. The van der Waals surface area contributed by atoms with Gasteiger partial charge in [0.25, 0.3) is 0 Å². The zero-order valence-electron chi connectivity index (χ0n) is 49.3. The Hall–Kier alpha value is -8.02. The molecule has 2 aliphatic rings. The number of aromatic nitrogens is 8. The number of aromatic amines is 2. The number of morpholine rings is 2. The number of H-pyrrole nitrogens is 2. The van der Waals surface area contributed by atoms with Gasteiger partial charge in [-0.1, -0.05) is 25.7 Å². The number of unbranched alkanes of at least 4 members (excludes halogenated alkanes) is 5. The first-order valence-corrected chi connectivity index (χ1v) is 31.9. The highest BCUT2D eigenvalue weighted by Crippen LogP contribution is 2.38. The lowest BCUT2D eigenvalue weighted by atomic mass is 10.0. The van der Waals surface area contributed by atoms with E-state index >= 15 is 0 Å². The van der Waals surface area contributed by atoms with Gasteiger partial charge >= 0.3 is 11.9 Å². The summed E-state index contributed by atoms with van der Waals surface area (Å²) in [7, 11) is -4.18. The standard InChI is InChI=1S/2C24H28N6O5S.C10H18O4/c2*1-14-11-30(12-15(2)34-14)13-18-9-26-23(35-18)19-5-16(6-21-20(19)10-27-28-21)17-7-22(29-36(4,31)32)24(33-3)25-8-17;11-9(12)7-5-3-1-2-4-6-8-10(13)14/h2*5-10,14-15,29H,11-13H2,1-4H3,(H,27,28);1-8H2,(H,11,12)(H,13,14)/t2*14-,15+;. The van der Waals surface area contributed by atoms with E-state index in [1.54, 1.807) is 49.3 Å². The summed E-state index contributed by atoms with van der Waals surface area (Å²) in [5.74, 6) is 1.35. The SMILES string of the molecule is COc1ncc(-c2cc(-c3ncc(CN4C[C@@H](C)O[C@@H](C)C4)o3)c3cn[nH]c3c2)cc1NS(C)(=O)=O.COc1ncc(-c2cc(-c3ncc(CN4C[C@@H](C)O[C@@H](C)C4)o3)c3cn[nH]c3c2)cc1NS(C)(=O)=O.O=C(O)CCCCCCCCC(=O)O. The summed E-state index contributed by atoms with van der Waals surface area (Å²) in [6.45, 7) is 12.9. The second-order valence-electron chi connectivity index (χ2n) is 21.6. The number of carbonyl (C=O) groups is 2. The maximum absolute atomic E-state index is 11.8.